The van der Waals surface area contributed by atoms with Gasteiger partial charge in [-0.3, -0.25) is 0 Å². The Kier molecular flexibility index (Phi) is 5.15. The molecule has 2 heterocycles. The number of thioether (sulfide) groups is 1. The second kappa shape index (κ2) is 6.67. The second-order valence-electron chi connectivity index (χ2n) is 4.55. The second-order valence-corrected chi connectivity index (χ2v) is 5.59. The average molecular weight is 306 g/mol. The van der Waals surface area contributed by atoms with Crippen molar-refractivity contribution in [3.63, 3.8) is 0 Å². The number of alkyl halides is 3. The lowest BCUT2D eigenvalue weighted by molar-refractivity contribution is -0.137. The van der Waals surface area contributed by atoms with Crippen LogP contribution in [-0.2, 0) is 10.9 Å². The Morgan fingerprint density at radius 1 is 1.45 bits per heavy atom. The summed E-state index contributed by atoms with van der Waals surface area (Å²) in [5, 5.41) is 3.21. The first-order chi connectivity index (χ1) is 9.49. The van der Waals surface area contributed by atoms with E-state index < -0.39 is 11.7 Å². The molecule has 0 spiro atoms. The van der Waals surface area contributed by atoms with Crippen molar-refractivity contribution in [1.29, 1.82) is 0 Å². The van der Waals surface area contributed by atoms with Gasteiger partial charge in [0.15, 0.2) is 0 Å². The van der Waals surface area contributed by atoms with Crippen LogP contribution in [0.3, 0.4) is 0 Å². The predicted molar refractivity (Wildman–Crippen MR) is 73.1 cm³/mol. The highest BCUT2D eigenvalue weighted by Crippen LogP contribution is 2.33. The van der Waals surface area contributed by atoms with Crippen molar-refractivity contribution in [2.75, 3.05) is 24.2 Å². The maximum Gasteiger partial charge on any atom is 0.416 e. The highest BCUT2D eigenvalue weighted by atomic mass is 32.2. The molecule has 0 bridgehead atoms. The summed E-state index contributed by atoms with van der Waals surface area (Å²) in [6, 6.07) is 2.14. The van der Waals surface area contributed by atoms with Gasteiger partial charge < -0.3 is 10.1 Å². The molecule has 1 atom stereocenters. The van der Waals surface area contributed by atoms with Gasteiger partial charge in [0, 0.05) is 18.9 Å². The summed E-state index contributed by atoms with van der Waals surface area (Å²) in [5.41, 5.74) is -0.668. The van der Waals surface area contributed by atoms with E-state index in [2.05, 4.69) is 10.3 Å². The number of anilines is 1. The number of hydrogen-bond donors (Lipinski definition) is 1. The number of nitrogens with one attached hydrogen (secondary N) is 1. The Balaban J connectivity index is 2.11. The molecule has 1 N–H and O–H groups in total. The van der Waals surface area contributed by atoms with E-state index in [4.69, 9.17) is 4.74 Å². The number of halogens is 3. The number of pyridine rings is 1. The first-order valence-electron chi connectivity index (χ1n) is 6.56. The van der Waals surface area contributed by atoms with Crippen LogP contribution in [0.1, 0.15) is 25.3 Å². The normalized spacial score (nSPS) is 19.3. The minimum atomic E-state index is -4.35. The molecule has 1 aromatic rings. The summed E-state index contributed by atoms with van der Waals surface area (Å²) in [5.74, 6) is 0.900. The molecular weight excluding hydrogens is 289 g/mol. The van der Waals surface area contributed by atoms with Crippen molar-refractivity contribution >= 4 is 17.6 Å². The smallest absolute Gasteiger partial charge is 0.377 e. The van der Waals surface area contributed by atoms with E-state index in [1.165, 1.54) is 11.8 Å². The third-order valence-electron chi connectivity index (χ3n) is 2.93. The molecule has 1 aromatic heterocycles. The molecular formula is C13H17F3N2OS. The zero-order chi connectivity index (χ0) is 14.6. The van der Waals surface area contributed by atoms with Crippen LogP contribution in [0.2, 0.25) is 0 Å². The SMILES string of the molecule is CCNc1cc(C(F)(F)F)cc(SCC2CCCO2)n1. The van der Waals surface area contributed by atoms with Gasteiger partial charge in [0.25, 0.3) is 0 Å². The van der Waals surface area contributed by atoms with E-state index in [-0.39, 0.29) is 11.9 Å². The number of rotatable bonds is 5. The number of hydrogen-bond acceptors (Lipinski definition) is 4. The molecule has 20 heavy (non-hydrogen) atoms. The Hall–Kier alpha value is -0.950. The highest BCUT2D eigenvalue weighted by Gasteiger charge is 2.31. The van der Waals surface area contributed by atoms with Crippen LogP contribution < -0.4 is 5.32 Å². The molecule has 0 radical (unpaired) electrons. The lowest BCUT2D eigenvalue weighted by Gasteiger charge is -2.13. The molecule has 0 amide bonds. The van der Waals surface area contributed by atoms with Crippen molar-refractivity contribution in [1.82, 2.24) is 4.98 Å². The van der Waals surface area contributed by atoms with E-state index >= 15 is 0 Å². The van der Waals surface area contributed by atoms with Crippen LogP contribution in [0.5, 0.6) is 0 Å². The van der Waals surface area contributed by atoms with Gasteiger partial charge in [-0.05, 0) is 31.9 Å². The maximum absolute atomic E-state index is 12.8. The first kappa shape index (κ1) is 15.4. The van der Waals surface area contributed by atoms with Crippen LogP contribution in [-0.4, -0.2) is 30.0 Å². The quantitative estimate of drug-likeness (QED) is 0.839. The predicted octanol–water partition coefficient (Wildman–Crippen LogP) is 3.80. The van der Waals surface area contributed by atoms with Gasteiger partial charge in [-0.1, -0.05) is 0 Å². The minimum absolute atomic E-state index is 0.124. The minimum Gasteiger partial charge on any atom is -0.377 e. The molecule has 0 aliphatic carbocycles. The molecule has 0 aromatic carbocycles. The number of ether oxygens (including phenoxy) is 1. The fraction of sp³-hybridized carbons (Fsp3) is 0.615. The van der Waals surface area contributed by atoms with E-state index in [0.29, 0.717) is 17.3 Å². The molecule has 7 heteroatoms. The summed E-state index contributed by atoms with van der Waals surface area (Å²) >= 11 is 1.31. The lowest BCUT2D eigenvalue weighted by atomic mass is 10.2. The molecule has 3 nitrogen and oxygen atoms in total. The molecule has 1 aliphatic heterocycles. The van der Waals surface area contributed by atoms with Crippen molar-refractivity contribution in [3.05, 3.63) is 17.7 Å². The summed E-state index contributed by atoms with van der Waals surface area (Å²) in [7, 11) is 0. The number of nitrogens with zero attached hydrogens (tertiary/aromatic N) is 1. The van der Waals surface area contributed by atoms with Gasteiger partial charge in [0.2, 0.25) is 0 Å². The molecule has 1 aliphatic rings. The average Bonchev–Trinajstić information content (AvgIpc) is 2.88. The van der Waals surface area contributed by atoms with Crippen molar-refractivity contribution < 1.29 is 17.9 Å². The molecule has 112 valence electrons. The molecule has 1 fully saturated rings. The fourth-order valence-electron chi connectivity index (χ4n) is 1.97. The van der Waals surface area contributed by atoms with Crippen LogP contribution in [0.25, 0.3) is 0 Å². The van der Waals surface area contributed by atoms with Crippen LogP contribution >= 0.6 is 11.8 Å². The summed E-state index contributed by atoms with van der Waals surface area (Å²) in [4.78, 5) is 4.19. The van der Waals surface area contributed by atoms with Crippen LogP contribution in [0.4, 0.5) is 19.0 Å². The largest absolute Gasteiger partial charge is 0.416 e. The highest BCUT2D eigenvalue weighted by molar-refractivity contribution is 7.99. The Morgan fingerprint density at radius 3 is 2.85 bits per heavy atom. The van der Waals surface area contributed by atoms with E-state index in [1.54, 1.807) is 0 Å². The topological polar surface area (TPSA) is 34.1 Å². The van der Waals surface area contributed by atoms with Crippen molar-refractivity contribution in [2.45, 2.75) is 37.1 Å². The summed E-state index contributed by atoms with van der Waals surface area (Å²) in [6.45, 7) is 3.09. The van der Waals surface area contributed by atoms with Crippen molar-refractivity contribution in [2.24, 2.45) is 0 Å². The monoisotopic (exact) mass is 306 g/mol. The first-order valence-corrected chi connectivity index (χ1v) is 7.55. The third-order valence-corrected chi connectivity index (χ3v) is 3.97. The van der Waals surface area contributed by atoms with Gasteiger partial charge in [0.05, 0.1) is 16.7 Å². The van der Waals surface area contributed by atoms with Gasteiger partial charge in [-0.15, -0.1) is 11.8 Å². The maximum atomic E-state index is 12.8. The van der Waals surface area contributed by atoms with Gasteiger partial charge in [0.1, 0.15) is 5.82 Å². The Labute approximate surface area is 120 Å². The van der Waals surface area contributed by atoms with Gasteiger partial charge in [-0.25, -0.2) is 4.98 Å². The van der Waals surface area contributed by atoms with E-state index in [9.17, 15) is 13.2 Å². The van der Waals surface area contributed by atoms with Crippen molar-refractivity contribution in [3.8, 4) is 0 Å². The standard InChI is InChI=1S/C13H17F3N2OS/c1-2-17-11-6-9(13(14,15)16)7-12(18-11)20-8-10-4-3-5-19-10/h6-7,10H,2-5,8H2,1H3,(H,17,18). The number of aromatic nitrogens is 1. The zero-order valence-electron chi connectivity index (χ0n) is 11.2. The van der Waals surface area contributed by atoms with Crippen LogP contribution in [0, 0.1) is 0 Å². The molecule has 0 saturated carbocycles. The van der Waals surface area contributed by atoms with Gasteiger partial charge in [-0.2, -0.15) is 13.2 Å². The molecule has 2 rings (SSSR count). The van der Waals surface area contributed by atoms with E-state index in [0.717, 1.165) is 31.6 Å². The lowest BCUT2D eigenvalue weighted by Crippen LogP contribution is -2.10. The Morgan fingerprint density at radius 2 is 2.25 bits per heavy atom. The Bertz CT molecular complexity index is 448. The third kappa shape index (κ3) is 4.28. The summed E-state index contributed by atoms with van der Waals surface area (Å²) < 4.78 is 44.0. The van der Waals surface area contributed by atoms with Gasteiger partial charge >= 0.3 is 6.18 Å². The van der Waals surface area contributed by atoms with E-state index in [1.807, 2.05) is 6.92 Å². The van der Waals surface area contributed by atoms with Crippen LogP contribution in [0.15, 0.2) is 17.2 Å². The fourth-order valence-corrected chi connectivity index (χ4v) is 2.96. The molecule has 1 saturated heterocycles. The zero-order valence-corrected chi connectivity index (χ0v) is 12.0. The molecule has 1 unspecified atom stereocenters. The summed E-state index contributed by atoms with van der Waals surface area (Å²) in [6.07, 6.45) is -2.25.